The van der Waals surface area contributed by atoms with Crippen LogP contribution < -0.4 is 0 Å². The molecule has 110 valence electrons. The summed E-state index contributed by atoms with van der Waals surface area (Å²) >= 11 is 0. The number of fused-ring (bicyclic) bond motifs is 2. The van der Waals surface area contributed by atoms with E-state index in [0.717, 1.165) is 16.6 Å². The molecule has 4 aromatic rings. The highest BCUT2D eigenvalue weighted by Crippen LogP contribution is 2.17. The number of aliphatic hydroxyl groups excluding tert-OH is 1. The van der Waals surface area contributed by atoms with Gasteiger partial charge in [-0.1, -0.05) is 30.3 Å². The topological polar surface area (TPSA) is 43.0 Å². The number of aromatic nitrogens is 3. The fraction of sp³-hybridized carbons (Fsp3) is 0.167. The Balaban J connectivity index is 1.56. The molecule has 0 saturated carbocycles. The second-order valence-electron chi connectivity index (χ2n) is 5.57. The van der Waals surface area contributed by atoms with Gasteiger partial charge in [-0.15, -0.1) is 0 Å². The Morgan fingerprint density at radius 1 is 0.864 bits per heavy atom. The lowest BCUT2D eigenvalue weighted by Gasteiger charge is -2.14. The minimum atomic E-state index is -0.464. The maximum Gasteiger partial charge on any atom is 0.0959 e. The molecule has 0 aliphatic carbocycles. The average molecular weight is 291 g/mol. The zero-order chi connectivity index (χ0) is 14.9. The molecule has 0 fully saturated rings. The van der Waals surface area contributed by atoms with Crippen molar-refractivity contribution in [3.05, 3.63) is 67.1 Å². The first-order valence-corrected chi connectivity index (χ1v) is 7.43. The van der Waals surface area contributed by atoms with Crippen molar-refractivity contribution in [2.24, 2.45) is 0 Å². The van der Waals surface area contributed by atoms with Gasteiger partial charge in [0.2, 0.25) is 0 Å². The van der Waals surface area contributed by atoms with Crippen LogP contribution in [0.1, 0.15) is 0 Å². The summed E-state index contributed by atoms with van der Waals surface area (Å²) in [6, 6.07) is 18.3. The molecule has 22 heavy (non-hydrogen) atoms. The van der Waals surface area contributed by atoms with Crippen LogP contribution in [0.5, 0.6) is 0 Å². The minimum Gasteiger partial charge on any atom is -0.389 e. The Hall–Kier alpha value is -2.59. The summed E-state index contributed by atoms with van der Waals surface area (Å²) in [5.74, 6) is 0. The highest BCUT2D eigenvalue weighted by Gasteiger charge is 2.10. The van der Waals surface area contributed by atoms with Gasteiger partial charge in [-0.3, -0.25) is 0 Å². The van der Waals surface area contributed by atoms with Crippen molar-refractivity contribution < 1.29 is 5.11 Å². The summed E-state index contributed by atoms with van der Waals surface area (Å²) in [6.07, 6.45) is 3.36. The first-order valence-electron chi connectivity index (χ1n) is 7.43. The molecule has 0 aliphatic heterocycles. The first-order chi connectivity index (χ1) is 10.8. The SMILES string of the molecule is OC(Cn1ccc2ccccc21)Cn1cnc2ccccc21. The van der Waals surface area contributed by atoms with Crippen LogP contribution in [-0.4, -0.2) is 25.3 Å². The van der Waals surface area contributed by atoms with Crippen LogP contribution in [0.3, 0.4) is 0 Å². The van der Waals surface area contributed by atoms with Crippen LogP contribution in [0.2, 0.25) is 0 Å². The predicted molar refractivity (Wildman–Crippen MR) is 87.7 cm³/mol. The third-order valence-corrected chi connectivity index (χ3v) is 4.02. The lowest BCUT2D eigenvalue weighted by atomic mass is 10.2. The number of imidazole rings is 1. The number of nitrogens with zero attached hydrogens (tertiary/aromatic N) is 3. The minimum absolute atomic E-state index is 0.464. The molecule has 2 aromatic carbocycles. The van der Waals surface area contributed by atoms with Gasteiger partial charge in [0.15, 0.2) is 0 Å². The van der Waals surface area contributed by atoms with Crippen LogP contribution >= 0.6 is 0 Å². The maximum atomic E-state index is 10.4. The van der Waals surface area contributed by atoms with Gasteiger partial charge in [0.05, 0.1) is 36.6 Å². The van der Waals surface area contributed by atoms with Gasteiger partial charge >= 0.3 is 0 Å². The van der Waals surface area contributed by atoms with Crippen molar-refractivity contribution in [1.29, 1.82) is 0 Å². The largest absolute Gasteiger partial charge is 0.389 e. The summed E-state index contributed by atoms with van der Waals surface area (Å²) in [6.45, 7) is 1.10. The van der Waals surface area contributed by atoms with E-state index in [1.807, 2.05) is 47.2 Å². The van der Waals surface area contributed by atoms with Crippen LogP contribution in [0.15, 0.2) is 67.1 Å². The zero-order valence-corrected chi connectivity index (χ0v) is 12.1. The summed E-state index contributed by atoms with van der Waals surface area (Å²) < 4.78 is 4.10. The van der Waals surface area contributed by atoms with Crippen molar-refractivity contribution in [2.45, 2.75) is 19.2 Å². The van der Waals surface area contributed by atoms with E-state index < -0.39 is 6.10 Å². The number of hydrogen-bond acceptors (Lipinski definition) is 2. The highest BCUT2D eigenvalue weighted by atomic mass is 16.3. The standard InChI is InChI=1S/C18H17N3O/c22-15(11-20-10-9-14-5-1-3-7-17(14)20)12-21-13-19-16-6-2-4-8-18(16)21/h1-10,13,15,22H,11-12H2. The van der Waals surface area contributed by atoms with E-state index in [-0.39, 0.29) is 0 Å². The molecule has 1 unspecified atom stereocenters. The van der Waals surface area contributed by atoms with Crippen molar-refractivity contribution in [3.8, 4) is 0 Å². The average Bonchev–Trinajstić information content (AvgIpc) is 3.13. The second-order valence-corrected chi connectivity index (χ2v) is 5.57. The molecule has 1 N–H and O–H groups in total. The molecule has 0 radical (unpaired) electrons. The smallest absolute Gasteiger partial charge is 0.0959 e. The highest BCUT2D eigenvalue weighted by molar-refractivity contribution is 5.79. The lowest BCUT2D eigenvalue weighted by Crippen LogP contribution is -2.21. The molecule has 4 nitrogen and oxygen atoms in total. The third-order valence-electron chi connectivity index (χ3n) is 4.02. The summed E-state index contributed by atoms with van der Waals surface area (Å²) in [5, 5.41) is 11.6. The Morgan fingerprint density at radius 3 is 2.50 bits per heavy atom. The molecule has 2 aromatic heterocycles. The molecular weight excluding hydrogens is 274 g/mol. The van der Waals surface area contributed by atoms with Crippen molar-refractivity contribution in [3.63, 3.8) is 0 Å². The Labute approximate surface area is 128 Å². The molecule has 0 aliphatic rings. The Morgan fingerprint density at radius 2 is 1.59 bits per heavy atom. The number of para-hydroxylation sites is 3. The molecule has 0 saturated heterocycles. The molecule has 4 rings (SSSR count). The van der Waals surface area contributed by atoms with Gasteiger partial charge in [-0.05, 0) is 29.7 Å². The van der Waals surface area contributed by atoms with Gasteiger partial charge < -0.3 is 14.2 Å². The summed E-state index contributed by atoms with van der Waals surface area (Å²) in [5.41, 5.74) is 3.16. The second kappa shape index (κ2) is 5.31. The van der Waals surface area contributed by atoms with E-state index in [1.54, 1.807) is 6.33 Å². The first kappa shape index (κ1) is 13.1. The number of aliphatic hydroxyl groups is 1. The van der Waals surface area contributed by atoms with Crippen molar-refractivity contribution in [2.75, 3.05) is 0 Å². The van der Waals surface area contributed by atoms with E-state index in [2.05, 4.69) is 27.8 Å². The fourth-order valence-electron chi connectivity index (χ4n) is 2.97. The van der Waals surface area contributed by atoms with Gasteiger partial charge in [0.25, 0.3) is 0 Å². The van der Waals surface area contributed by atoms with E-state index >= 15 is 0 Å². The van der Waals surface area contributed by atoms with E-state index in [1.165, 1.54) is 5.39 Å². The monoisotopic (exact) mass is 291 g/mol. The Bertz CT molecular complexity index is 846. The molecule has 0 bridgehead atoms. The third kappa shape index (κ3) is 2.27. The van der Waals surface area contributed by atoms with Gasteiger partial charge in [-0.2, -0.15) is 0 Å². The van der Waals surface area contributed by atoms with Crippen molar-refractivity contribution in [1.82, 2.24) is 14.1 Å². The quantitative estimate of drug-likeness (QED) is 0.628. The van der Waals surface area contributed by atoms with Gasteiger partial charge in [0, 0.05) is 11.7 Å². The predicted octanol–water partition coefficient (Wildman–Crippen LogP) is 3.05. The normalized spacial score (nSPS) is 13.0. The van der Waals surface area contributed by atoms with Gasteiger partial charge in [-0.25, -0.2) is 4.98 Å². The van der Waals surface area contributed by atoms with Crippen LogP contribution in [0.4, 0.5) is 0 Å². The number of benzene rings is 2. The maximum absolute atomic E-state index is 10.4. The van der Waals surface area contributed by atoms with Gasteiger partial charge in [0.1, 0.15) is 0 Å². The fourth-order valence-corrected chi connectivity index (χ4v) is 2.97. The molecule has 1 atom stereocenters. The molecule has 4 heteroatoms. The number of hydrogen-bond donors (Lipinski definition) is 1. The Kier molecular flexibility index (Phi) is 3.16. The van der Waals surface area contributed by atoms with Crippen molar-refractivity contribution >= 4 is 21.9 Å². The molecular formula is C18H17N3O. The van der Waals surface area contributed by atoms with E-state index in [9.17, 15) is 5.11 Å². The molecule has 0 amide bonds. The lowest BCUT2D eigenvalue weighted by molar-refractivity contribution is 0.137. The van der Waals surface area contributed by atoms with Crippen LogP contribution in [0.25, 0.3) is 21.9 Å². The summed E-state index contributed by atoms with van der Waals surface area (Å²) in [7, 11) is 0. The molecule has 2 heterocycles. The molecule has 0 spiro atoms. The summed E-state index contributed by atoms with van der Waals surface area (Å²) in [4.78, 5) is 4.36. The van der Waals surface area contributed by atoms with Crippen LogP contribution in [-0.2, 0) is 13.1 Å². The number of rotatable bonds is 4. The van der Waals surface area contributed by atoms with E-state index in [4.69, 9.17) is 0 Å². The van der Waals surface area contributed by atoms with E-state index in [0.29, 0.717) is 13.1 Å². The van der Waals surface area contributed by atoms with Crippen LogP contribution in [0, 0.1) is 0 Å². The zero-order valence-electron chi connectivity index (χ0n) is 12.1.